The first-order valence-electron chi connectivity index (χ1n) is 6.49. The molecule has 2 rings (SSSR count). The molecule has 0 aliphatic carbocycles. The second-order valence-corrected chi connectivity index (χ2v) is 4.31. The Bertz CT molecular complexity index is 677. The van der Waals surface area contributed by atoms with Gasteiger partial charge in [0.1, 0.15) is 0 Å². The average Bonchev–Trinajstić information content (AvgIpc) is 2.40. The fourth-order valence-corrected chi connectivity index (χ4v) is 1.96. The van der Waals surface area contributed by atoms with Crippen molar-refractivity contribution in [1.82, 2.24) is 4.98 Å². The summed E-state index contributed by atoms with van der Waals surface area (Å²) in [6.07, 6.45) is 0. The van der Waals surface area contributed by atoms with Gasteiger partial charge in [-0.3, -0.25) is 4.79 Å². The lowest BCUT2D eigenvalue weighted by molar-refractivity contribution is 1.29. The predicted octanol–water partition coefficient (Wildman–Crippen LogP) is 4.62. The Morgan fingerprint density at radius 2 is 1.63 bits per heavy atom. The molecule has 2 heteroatoms. The average molecular weight is 255 g/mol. The molecule has 0 aliphatic heterocycles. The predicted molar refractivity (Wildman–Crippen MR) is 85.3 cm³/mol. The third-order valence-corrected chi connectivity index (χ3v) is 2.76. The summed E-state index contributed by atoms with van der Waals surface area (Å²) in [4.78, 5) is 15.6. The summed E-state index contributed by atoms with van der Waals surface area (Å²) in [7, 11) is 0. The van der Waals surface area contributed by atoms with Gasteiger partial charge in [0.2, 0.25) is 0 Å². The lowest BCUT2D eigenvalue weighted by Gasteiger charge is -2.10. The van der Waals surface area contributed by atoms with Crippen molar-refractivity contribution >= 4 is 22.0 Å². The first-order valence-corrected chi connectivity index (χ1v) is 6.49. The maximum atomic E-state index is 12.4. The Morgan fingerprint density at radius 3 is 2.16 bits per heavy atom. The number of para-hydroxylation sites is 1. The molecule has 2 aromatic rings. The van der Waals surface area contributed by atoms with E-state index in [0.29, 0.717) is 10.9 Å². The second-order valence-electron chi connectivity index (χ2n) is 4.31. The number of allylic oxidation sites excluding steroid dienone is 2. The van der Waals surface area contributed by atoms with Gasteiger partial charge in [-0.05, 0) is 37.1 Å². The maximum absolute atomic E-state index is 12.4. The Kier molecular flexibility index (Phi) is 4.87. The molecular formula is C17H21NO. The van der Waals surface area contributed by atoms with Crippen molar-refractivity contribution in [2.24, 2.45) is 0 Å². The smallest absolute Gasteiger partial charge is 0.197 e. The lowest BCUT2D eigenvalue weighted by atomic mass is 10.00. The number of pyridine rings is 1. The largest absolute Gasteiger partial charge is 0.354 e. The molecule has 19 heavy (non-hydrogen) atoms. The van der Waals surface area contributed by atoms with Gasteiger partial charge in [-0.15, -0.1) is 0 Å². The van der Waals surface area contributed by atoms with Gasteiger partial charge in [-0.2, -0.15) is 0 Å². The number of H-pyrrole nitrogens is 1. The topological polar surface area (TPSA) is 32.9 Å². The number of aromatic nitrogens is 1. The van der Waals surface area contributed by atoms with Crippen LogP contribution in [0.2, 0.25) is 0 Å². The lowest BCUT2D eigenvalue weighted by Crippen LogP contribution is -2.12. The van der Waals surface area contributed by atoms with E-state index < -0.39 is 0 Å². The van der Waals surface area contributed by atoms with Crippen molar-refractivity contribution in [3.8, 4) is 0 Å². The van der Waals surface area contributed by atoms with E-state index in [4.69, 9.17) is 0 Å². The van der Waals surface area contributed by atoms with Gasteiger partial charge in [0.05, 0.1) is 5.69 Å². The first kappa shape index (κ1) is 15.0. The summed E-state index contributed by atoms with van der Waals surface area (Å²) >= 11 is 0. The molecule has 100 valence electrons. The van der Waals surface area contributed by atoms with E-state index in [1.807, 2.05) is 52.0 Å². The van der Waals surface area contributed by atoms with Crippen LogP contribution in [-0.2, 0) is 0 Å². The molecule has 0 radical (unpaired) electrons. The number of hydrogen-bond donors (Lipinski definition) is 1. The Morgan fingerprint density at radius 1 is 1.05 bits per heavy atom. The summed E-state index contributed by atoms with van der Waals surface area (Å²) in [5.74, 6) is 0. The van der Waals surface area contributed by atoms with Crippen LogP contribution in [0, 0.1) is 0 Å². The molecule has 2 nitrogen and oxygen atoms in total. The summed E-state index contributed by atoms with van der Waals surface area (Å²) in [5, 5.41) is 0.690. The van der Waals surface area contributed by atoms with Crippen molar-refractivity contribution in [1.29, 1.82) is 0 Å². The van der Waals surface area contributed by atoms with E-state index in [-0.39, 0.29) is 5.43 Å². The van der Waals surface area contributed by atoms with E-state index in [1.54, 1.807) is 0 Å². The minimum absolute atomic E-state index is 0.0184. The highest BCUT2D eigenvalue weighted by Crippen LogP contribution is 2.21. The fraction of sp³-hybridized carbons (Fsp3) is 0.235. The first-order chi connectivity index (χ1) is 9.02. The zero-order valence-corrected chi connectivity index (χ0v) is 12.1. The number of hydrogen-bond acceptors (Lipinski definition) is 1. The SMILES string of the molecule is C=C(C)c1[nH]c2ccccc2c(=O)c1C(=C)C.CC. The molecule has 0 saturated carbocycles. The summed E-state index contributed by atoms with van der Waals surface area (Å²) in [6, 6.07) is 7.48. The molecule has 0 bridgehead atoms. The van der Waals surface area contributed by atoms with E-state index in [2.05, 4.69) is 18.1 Å². The second kappa shape index (κ2) is 6.19. The van der Waals surface area contributed by atoms with Crippen LogP contribution in [0.15, 0.2) is 42.2 Å². The molecule has 1 aromatic heterocycles. The number of rotatable bonds is 2. The monoisotopic (exact) mass is 255 g/mol. The highest BCUT2D eigenvalue weighted by Gasteiger charge is 2.12. The summed E-state index contributed by atoms with van der Waals surface area (Å²) in [5.41, 5.74) is 3.86. The van der Waals surface area contributed by atoms with Crippen LogP contribution in [-0.4, -0.2) is 4.98 Å². The summed E-state index contributed by atoms with van der Waals surface area (Å²) in [6.45, 7) is 15.5. The van der Waals surface area contributed by atoms with Gasteiger partial charge in [0.25, 0.3) is 0 Å². The van der Waals surface area contributed by atoms with E-state index in [0.717, 1.165) is 22.4 Å². The van der Waals surface area contributed by atoms with E-state index >= 15 is 0 Å². The van der Waals surface area contributed by atoms with Gasteiger partial charge >= 0.3 is 0 Å². The van der Waals surface area contributed by atoms with Crippen LogP contribution >= 0.6 is 0 Å². The number of fused-ring (bicyclic) bond motifs is 1. The zero-order chi connectivity index (χ0) is 14.6. The maximum Gasteiger partial charge on any atom is 0.197 e. The Hall–Kier alpha value is -2.09. The zero-order valence-electron chi connectivity index (χ0n) is 12.1. The van der Waals surface area contributed by atoms with Crippen LogP contribution < -0.4 is 5.43 Å². The highest BCUT2D eigenvalue weighted by molar-refractivity contribution is 5.86. The van der Waals surface area contributed by atoms with Crippen LogP contribution in [0.1, 0.15) is 39.0 Å². The van der Waals surface area contributed by atoms with Crippen LogP contribution in [0.25, 0.3) is 22.0 Å². The van der Waals surface area contributed by atoms with Gasteiger partial charge in [0.15, 0.2) is 5.43 Å². The molecule has 0 spiro atoms. The van der Waals surface area contributed by atoms with E-state index in [1.165, 1.54) is 0 Å². The van der Waals surface area contributed by atoms with Gasteiger partial charge in [-0.1, -0.05) is 39.1 Å². The van der Waals surface area contributed by atoms with Crippen LogP contribution in [0.3, 0.4) is 0 Å². The Balaban J connectivity index is 0.000000861. The van der Waals surface area contributed by atoms with Crippen molar-refractivity contribution in [2.75, 3.05) is 0 Å². The van der Waals surface area contributed by atoms with Crippen molar-refractivity contribution < 1.29 is 0 Å². The van der Waals surface area contributed by atoms with Crippen LogP contribution in [0.4, 0.5) is 0 Å². The van der Waals surface area contributed by atoms with E-state index in [9.17, 15) is 4.79 Å². The third kappa shape index (κ3) is 2.84. The van der Waals surface area contributed by atoms with Crippen LogP contribution in [0.5, 0.6) is 0 Å². The van der Waals surface area contributed by atoms with Gasteiger partial charge < -0.3 is 4.98 Å². The number of benzene rings is 1. The summed E-state index contributed by atoms with van der Waals surface area (Å²) < 4.78 is 0. The molecule has 1 N–H and O–H groups in total. The molecule has 1 heterocycles. The molecule has 0 amide bonds. The van der Waals surface area contributed by atoms with Crippen molar-refractivity contribution in [3.63, 3.8) is 0 Å². The molecule has 0 atom stereocenters. The van der Waals surface area contributed by atoms with Gasteiger partial charge in [0, 0.05) is 16.5 Å². The number of aromatic amines is 1. The van der Waals surface area contributed by atoms with Crippen molar-refractivity contribution in [2.45, 2.75) is 27.7 Å². The van der Waals surface area contributed by atoms with Gasteiger partial charge in [-0.25, -0.2) is 0 Å². The standard InChI is InChI=1S/C15H15NO.C2H6/c1-9(2)13-14(10(3)4)16-12-8-6-5-7-11(12)15(13)17;1-2/h5-8H,1,3H2,2,4H3,(H,16,17);1-2H3. The molecule has 0 fully saturated rings. The highest BCUT2D eigenvalue weighted by atomic mass is 16.1. The quantitative estimate of drug-likeness (QED) is 0.834. The molecule has 0 aliphatic rings. The molecule has 1 aromatic carbocycles. The minimum Gasteiger partial charge on any atom is -0.354 e. The Labute approximate surface area is 114 Å². The van der Waals surface area contributed by atoms with Crippen molar-refractivity contribution in [3.05, 3.63) is 58.9 Å². The minimum atomic E-state index is 0.0184. The molecule has 0 saturated heterocycles. The third-order valence-electron chi connectivity index (χ3n) is 2.76. The number of nitrogens with one attached hydrogen (secondary N) is 1. The molecular weight excluding hydrogens is 234 g/mol. The molecule has 0 unspecified atom stereocenters. The normalized spacial score (nSPS) is 9.68. The fourth-order valence-electron chi connectivity index (χ4n) is 1.96.